The van der Waals surface area contributed by atoms with Gasteiger partial charge in [-0.05, 0) is 54.2 Å². The van der Waals surface area contributed by atoms with Gasteiger partial charge < -0.3 is 9.73 Å². The molecule has 146 valence electrons. The fourth-order valence-corrected chi connectivity index (χ4v) is 4.74. The SMILES string of the molecule is O=C(/C=C/c1cccc(N2C(=O)[C@@H]3[C@@H](C2=O)[C@H]2C=C[C@@H]3C2)c1)NCc1ccco1. The van der Waals surface area contributed by atoms with Crippen LogP contribution in [-0.4, -0.2) is 17.7 Å². The van der Waals surface area contributed by atoms with Crippen molar-refractivity contribution in [2.24, 2.45) is 23.7 Å². The standard InChI is InChI=1S/C23H20N2O4/c26-19(24-13-18-5-2-10-29-18)9-6-14-3-1-4-17(11-14)25-22(27)20-15-7-8-16(12-15)21(20)23(25)28/h1-11,15-16,20-21H,12-13H2,(H,24,26)/b9-6+/t15-,16+,20-,21-/m0/s1. The van der Waals surface area contributed by atoms with E-state index in [2.05, 4.69) is 17.5 Å². The van der Waals surface area contributed by atoms with Gasteiger partial charge in [0.2, 0.25) is 17.7 Å². The van der Waals surface area contributed by atoms with Crippen LogP contribution in [0.5, 0.6) is 0 Å². The highest BCUT2D eigenvalue weighted by Gasteiger charge is 2.59. The molecule has 1 saturated carbocycles. The molecule has 0 spiro atoms. The molecule has 1 saturated heterocycles. The second-order valence-corrected chi connectivity index (χ2v) is 7.74. The number of hydrogen-bond acceptors (Lipinski definition) is 4. The van der Waals surface area contributed by atoms with Gasteiger partial charge in [0.1, 0.15) is 5.76 Å². The second-order valence-electron chi connectivity index (χ2n) is 7.74. The van der Waals surface area contributed by atoms with Gasteiger partial charge in [-0.3, -0.25) is 14.4 Å². The smallest absolute Gasteiger partial charge is 0.244 e. The van der Waals surface area contributed by atoms with E-state index in [1.165, 1.54) is 11.0 Å². The highest BCUT2D eigenvalue weighted by molar-refractivity contribution is 6.22. The van der Waals surface area contributed by atoms with E-state index in [1.807, 2.05) is 6.07 Å². The fraction of sp³-hybridized carbons (Fsp3) is 0.261. The van der Waals surface area contributed by atoms with E-state index in [0.717, 1.165) is 12.0 Å². The Morgan fingerprint density at radius 3 is 2.55 bits per heavy atom. The Morgan fingerprint density at radius 1 is 1.10 bits per heavy atom. The van der Waals surface area contributed by atoms with E-state index in [4.69, 9.17) is 4.42 Å². The molecule has 29 heavy (non-hydrogen) atoms. The molecule has 0 unspecified atom stereocenters. The van der Waals surface area contributed by atoms with E-state index in [1.54, 1.807) is 42.7 Å². The van der Waals surface area contributed by atoms with E-state index >= 15 is 0 Å². The number of anilines is 1. The lowest BCUT2D eigenvalue weighted by Gasteiger charge is -2.17. The highest BCUT2D eigenvalue weighted by Crippen LogP contribution is 2.53. The summed E-state index contributed by atoms with van der Waals surface area (Å²) in [6.45, 7) is 0.312. The summed E-state index contributed by atoms with van der Waals surface area (Å²) in [5.74, 6) is 0.155. The maximum Gasteiger partial charge on any atom is 0.244 e. The van der Waals surface area contributed by atoms with Gasteiger partial charge in [-0.1, -0.05) is 24.3 Å². The summed E-state index contributed by atoms with van der Waals surface area (Å²) in [7, 11) is 0. The predicted octanol–water partition coefficient (Wildman–Crippen LogP) is 2.92. The van der Waals surface area contributed by atoms with Crippen molar-refractivity contribution in [3.63, 3.8) is 0 Å². The zero-order valence-corrected chi connectivity index (χ0v) is 15.7. The summed E-state index contributed by atoms with van der Waals surface area (Å²) in [4.78, 5) is 39.2. The Bertz CT molecular complexity index is 1010. The summed E-state index contributed by atoms with van der Waals surface area (Å²) in [6.07, 6.45) is 9.73. The minimum absolute atomic E-state index is 0.103. The minimum atomic E-state index is -0.252. The average Bonchev–Trinajstić information content (AvgIpc) is 3.50. The molecule has 4 atom stereocenters. The van der Waals surface area contributed by atoms with E-state index < -0.39 is 0 Å². The van der Waals surface area contributed by atoms with Gasteiger partial charge in [0, 0.05) is 6.08 Å². The molecule has 1 aromatic carbocycles. The molecule has 3 amide bonds. The molecule has 2 bridgehead atoms. The summed E-state index contributed by atoms with van der Waals surface area (Å²) < 4.78 is 5.18. The van der Waals surface area contributed by atoms with Crippen LogP contribution in [0.2, 0.25) is 0 Å². The Morgan fingerprint density at radius 2 is 1.86 bits per heavy atom. The van der Waals surface area contributed by atoms with Crippen molar-refractivity contribution in [3.8, 4) is 0 Å². The third kappa shape index (κ3) is 3.01. The van der Waals surface area contributed by atoms with Crippen molar-refractivity contribution in [2.75, 3.05) is 4.90 Å². The molecule has 2 heterocycles. The summed E-state index contributed by atoms with van der Waals surface area (Å²) >= 11 is 0. The minimum Gasteiger partial charge on any atom is -0.467 e. The molecule has 1 aliphatic heterocycles. The molecular weight excluding hydrogens is 368 g/mol. The quantitative estimate of drug-likeness (QED) is 0.485. The van der Waals surface area contributed by atoms with Crippen molar-refractivity contribution < 1.29 is 18.8 Å². The van der Waals surface area contributed by atoms with Gasteiger partial charge in [0.15, 0.2) is 0 Å². The Hall–Kier alpha value is -3.41. The van der Waals surface area contributed by atoms with Crippen LogP contribution >= 0.6 is 0 Å². The monoisotopic (exact) mass is 388 g/mol. The molecule has 2 fully saturated rings. The molecule has 3 aliphatic rings. The number of nitrogens with one attached hydrogen (secondary N) is 1. The van der Waals surface area contributed by atoms with Crippen molar-refractivity contribution in [3.05, 3.63) is 72.2 Å². The summed E-state index contributed by atoms with van der Waals surface area (Å²) in [6, 6.07) is 10.7. The summed E-state index contributed by atoms with van der Waals surface area (Å²) in [5.41, 5.74) is 1.31. The van der Waals surface area contributed by atoms with Crippen LogP contribution in [0.1, 0.15) is 17.7 Å². The lowest BCUT2D eigenvalue weighted by molar-refractivity contribution is -0.123. The van der Waals surface area contributed by atoms with Gasteiger partial charge in [0.05, 0.1) is 30.3 Å². The molecule has 0 radical (unpaired) electrons. The number of nitrogens with zero attached hydrogens (tertiary/aromatic N) is 1. The topological polar surface area (TPSA) is 79.6 Å². The number of amides is 3. The lowest BCUT2D eigenvalue weighted by atomic mass is 9.85. The number of allylic oxidation sites excluding steroid dienone is 2. The molecule has 6 nitrogen and oxygen atoms in total. The van der Waals surface area contributed by atoms with Gasteiger partial charge in [-0.2, -0.15) is 0 Å². The van der Waals surface area contributed by atoms with Crippen LogP contribution in [0, 0.1) is 23.7 Å². The van der Waals surface area contributed by atoms with Crippen LogP contribution in [-0.2, 0) is 20.9 Å². The first kappa shape index (κ1) is 17.7. The molecule has 2 aliphatic carbocycles. The zero-order chi connectivity index (χ0) is 20.0. The van der Waals surface area contributed by atoms with E-state index in [9.17, 15) is 14.4 Å². The zero-order valence-electron chi connectivity index (χ0n) is 15.7. The Kier molecular flexibility index (Phi) is 4.19. The van der Waals surface area contributed by atoms with Crippen LogP contribution in [0.25, 0.3) is 6.08 Å². The third-order valence-electron chi connectivity index (χ3n) is 6.04. The number of carbonyl (C=O) groups is 3. The number of carbonyl (C=O) groups excluding carboxylic acids is 3. The normalized spacial score (nSPS) is 27.2. The van der Waals surface area contributed by atoms with Crippen LogP contribution in [0.15, 0.2) is 65.3 Å². The number of rotatable bonds is 5. The van der Waals surface area contributed by atoms with Crippen LogP contribution in [0.4, 0.5) is 5.69 Å². The molecule has 6 heteroatoms. The third-order valence-corrected chi connectivity index (χ3v) is 6.04. The number of fused-ring (bicyclic) bond motifs is 5. The maximum atomic E-state index is 12.9. The first-order chi connectivity index (χ1) is 14.1. The van der Waals surface area contributed by atoms with E-state index in [0.29, 0.717) is 18.0 Å². The fourth-order valence-electron chi connectivity index (χ4n) is 4.74. The average molecular weight is 388 g/mol. The first-order valence-corrected chi connectivity index (χ1v) is 9.76. The number of benzene rings is 1. The van der Waals surface area contributed by atoms with Crippen LogP contribution in [0.3, 0.4) is 0 Å². The number of hydrogen-bond donors (Lipinski definition) is 1. The molecule has 1 aromatic heterocycles. The van der Waals surface area contributed by atoms with Gasteiger partial charge in [0.25, 0.3) is 0 Å². The van der Waals surface area contributed by atoms with Crippen molar-refractivity contribution >= 4 is 29.5 Å². The van der Waals surface area contributed by atoms with E-state index in [-0.39, 0.29) is 41.4 Å². The second kappa shape index (κ2) is 6.88. The van der Waals surface area contributed by atoms with Gasteiger partial charge in [-0.25, -0.2) is 4.90 Å². The van der Waals surface area contributed by atoms with Crippen molar-refractivity contribution in [1.82, 2.24) is 5.32 Å². The van der Waals surface area contributed by atoms with Gasteiger partial charge in [-0.15, -0.1) is 0 Å². The molecular formula is C23H20N2O4. The summed E-state index contributed by atoms with van der Waals surface area (Å²) in [5, 5.41) is 2.74. The Labute approximate surface area is 167 Å². The Balaban J connectivity index is 1.29. The molecule has 1 N–H and O–H groups in total. The lowest BCUT2D eigenvalue weighted by Crippen LogP contribution is -2.32. The largest absolute Gasteiger partial charge is 0.467 e. The first-order valence-electron chi connectivity index (χ1n) is 9.76. The molecule has 2 aromatic rings. The predicted molar refractivity (Wildman–Crippen MR) is 106 cm³/mol. The molecule has 5 rings (SSSR count). The van der Waals surface area contributed by atoms with Crippen molar-refractivity contribution in [1.29, 1.82) is 0 Å². The number of furan rings is 1. The highest BCUT2D eigenvalue weighted by atomic mass is 16.3. The maximum absolute atomic E-state index is 12.9. The van der Waals surface area contributed by atoms with Crippen molar-refractivity contribution in [2.45, 2.75) is 13.0 Å². The van der Waals surface area contributed by atoms with Crippen LogP contribution < -0.4 is 10.2 Å². The number of imide groups is 1. The van der Waals surface area contributed by atoms with Gasteiger partial charge >= 0.3 is 0 Å².